The molecule has 0 spiro atoms. The molecule has 6 nitrogen and oxygen atoms in total. The first-order chi connectivity index (χ1) is 15.3. The van der Waals surface area contributed by atoms with E-state index in [0.717, 1.165) is 5.57 Å². The molecule has 1 aromatic carbocycles. The molecule has 32 heavy (non-hydrogen) atoms. The average Bonchev–Trinajstić information content (AvgIpc) is 2.88. The van der Waals surface area contributed by atoms with Gasteiger partial charge in [-0.1, -0.05) is 24.8 Å². The van der Waals surface area contributed by atoms with Gasteiger partial charge in [-0.05, 0) is 68.2 Å². The molecule has 1 heterocycles. The number of unbranched alkanes of at least 4 members (excludes halogenated alkanes) is 1. The van der Waals surface area contributed by atoms with Crippen LogP contribution in [0.2, 0.25) is 0 Å². The van der Waals surface area contributed by atoms with Crippen molar-refractivity contribution in [3.63, 3.8) is 0 Å². The molecular weight excluding hydrogens is 409 g/mol. The van der Waals surface area contributed by atoms with Crippen molar-refractivity contribution >= 4 is 30.0 Å². The van der Waals surface area contributed by atoms with Crippen LogP contribution >= 0.6 is 0 Å². The minimum atomic E-state index is -0.365. The fourth-order valence-electron chi connectivity index (χ4n) is 3.69. The molecule has 1 atom stereocenters. The number of aliphatic imine (C=N–C) groups is 1. The summed E-state index contributed by atoms with van der Waals surface area (Å²) in [6.45, 7) is 3.90. The minimum absolute atomic E-state index is 0.0697. The van der Waals surface area contributed by atoms with Crippen LogP contribution in [0.25, 0.3) is 0 Å². The molecule has 0 radical (unpaired) electrons. The summed E-state index contributed by atoms with van der Waals surface area (Å²) in [6.07, 6.45) is 7.78. The highest BCUT2D eigenvalue weighted by atomic mass is 19.1. The van der Waals surface area contributed by atoms with Gasteiger partial charge in [0.15, 0.2) is 11.6 Å². The van der Waals surface area contributed by atoms with Crippen LogP contribution in [0.5, 0.6) is 0 Å². The van der Waals surface area contributed by atoms with Crippen LogP contribution in [0, 0.1) is 17.1 Å². The number of Topliss-reactive ketones (excluding diaryl/α,β-unsaturated/α-hetero) is 1. The molecule has 0 bridgehead atoms. The molecule has 1 amide bonds. The Morgan fingerprint density at radius 2 is 2.09 bits per heavy atom. The maximum atomic E-state index is 13.6. The Hall–Kier alpha value is -3.22. The number of rotatable bonds is 10. The van der Waals surface area contributed by atoms with Gasteiger partial charge >= 0.3 is 0 Å². The largest absolute Gasteiger partial charge is 0.316 e. The number of nitrogens with zero attached hydrogens (tertiary/aromatic N) is 2. The van der Waals surface area contributed by atoms with Crippen LogP contribution in [0.15, 0.2) is 53.2 Å². The summed E-state index contributed by atoms with van der Waals surface area (Å²) in [6, 6.07) is 6.61. The van der Waals surface area contributed by atoms with Gasteiger partial charge < -0.3 is 4.90 Å². The van der Waals surface area contributed by atoms with E-state index in [-0.39, 0.29) is 35.7 Å². The van der Waals surface area contributed by atoms with Gasteiger partial charge in [0, 0.05) is 31.3 Å². The van der Waals surface area contributed by atoms with E-state index >= 15 is 0 Å². The average molecular weight is 440 g/mol. The highest BCUT2D eigenvalue weighted by Crippen LogP contribution is 2.29. The summed E-state index contributed by atoms with van der Waals surface area (Å²) in [5, 5.41) is 7.82. The standard InChI is InChI=1S/C25H30FN3O3/c1-18-19(15-17-30)13-14-21(25(32)29(18)2)10-7-12-23(31)24(27)28-16-6-5-9-20-8-3-4-11-22(20)26/h3-4,8,11,15-17,21,27H,1,5-7,9-10,12-14H2,2H3/b19-15-,27-24?,28-16?/t21-/m0/s1. The molecule has 1 aromatic rings. The third-order valence-electron chi connectivity index (χ3n) is 5.66. The number of aldehydes is 1. The van der Waals surface area contributed by atoms with Gasteiger partial charge in [-0.3, -0.25) is 19.8 Å². The van der Waals surface area contributed by atoms with Crippen molar-refractivity contribution in [1.82, 2.24) is 4.90 Å². The molecule has 0 saturated carbocycles. The molecule has 1 fully saturated rings. The van der Waals surface area contributed by atoms with Gasteiger partial charge in [0.25, 0.3) is 0 Å². The van der Waals surface area contributed by atoms with Crippen molar-refractivity contribution in [1.29, 1.82) is 5.41 Å². The first kappa shape index (κ1) is 25.0. The summed E-state index contributed by atoms with van der Waals surface area (Å²) in [5.41, 5.74) is 1.93. The predicted molar refractivity (Wildman–Crippen MR) is 123 cm³/mol. The number of carbonyl (C=O) groups excluding carboxylic acids is 3. The molecule has 0 aromatic heterocycles. The zero-order valence-electron chi connectivity index (χ0n) is 18.5. The van der Waals surface area contributed by atoms with Crippen molar-refractivity contribution in [3.8, 4) is 0 Å². The zero-order chi connectivity index (χ0) is 23.5. The number of likely N-dealkylation sites (N-methyl/N-ethyl adjacent to an activating group) is 1. The molecule has 1 N–H and O–H groups in total. The lowest BCUT2D eigenvalue weighted by molar-refractivity contribution is -0.132. The molecule has 2 rings (SSSR count). The number of amidine groups is 1. The fraction of sp³-hybridized carbons (Fsp3) is 0.400. The van der Waals surface area contributed by atoms with Crippen molar-refractivity contribution in [2.24, 2.45) is 10.9 Å². The smallest absolute Gasteiger partial charge is 0.229 e. The van der Waals surface area contributed by atoms with E-state index in [1.165, 1.54) is 23.3 Å². The van der Waals surface area contributed by atoms with Crippen molar-refractivity contribution < 1.29 is 18.8 Å². The number of aryl methyl sites for hydroxylation is 1. The minimum Gasteiger partial charge on any atom is -0.316 e. The Balaban J connectivity index is 1.74. The summed E-state index contributed by atoms with van der Waals surface area (Å²) in [5.74, 6) is -1.22. The maximum absolute atomic E-state index is 13.6. The van der Waals surface area contributed by atoms with Gasteiger partial charge in [0.05, 0.1) is 0 Å². The molecule has 1 aliphatic heterocycles. The van der Waals surface area contributed by atoms with E-state index in [1.807, 2.05) is 0 Å². The highest BCUT2D eigenvalue weighted by Gasteiger charge is 2.28. The summed E-state index contributed by atoms with van der Waals surface area (Å²) >= 11 is 0. The monoisotopic (exact) mass is 439 g/mol. The van der Waals surface area contributed by atoms with Crippen molar-refractivity contribution in [2.75, 3.05) is 7.05 Å². The number of hydrogen-bond acceptors (Lipinski definition) is 4. The predicted octanol–water partition coefficient (Wildman–Crippen LogP) is 4.44. The number of likely N-dealkylation sites (tertiary alicyclic amines) is 1. The van der Waals surface area contributed by atoms with Crippen LogP contribution in [-0.4, -0.2) is 42.0 Å². The van der Waals surface area contributed by atoms with Gasteiger partial charge in [-0.2, -0.15) is 0 Å². The molecule has 0 unspecified atom stereocenters. The number of carbonyl (C=O) groups is 3. The first-order valence-corrected chi connectivity index (χ1v) is 10.8. The fourth-order valence-corrected chi connectivity index (χ4v) is 3.69. The molecule has 0 aliphatic carbocycles. The van der Waals surface area contributed by atoms with Crippen LogP contribution in [-0.2, 0) is 20.8 Å². The second-order valence-electron chi connectivity index (χ2n) is 7.87. The zero-order valence-corrected chi connectivity index (χ0v) is 18.5. The van der Waals surface area contributed by atoms with E-state index in [0.29, 0.717) is 62.5 Å². The summed E-state index contributed by atoms with van der Waals surface area (Å²) < 4.78 is 13.6. The van der Waals surface area contributed by atoms with Crippen molar-refractivity contribution in [2.45, 2.75) is 51.4 Å². The normalized spacial score (nSPS) is 18.2. The van der Waals surface area contributed by atoms with Crippen LogP contribution in [0.3, 0.4) is 0 Å². The SMILES string of the molecule is C=C1/C(=C\C=O)CC[C@H](CCCC(=O)C(=N)N=CCCCc2ccccc2F)C(=O)N1C. The number of allylic oxidation sites excluding steroid dienone is 2. The van der Waals surface area contributed by atoms with Crippen LogP contribution < -0.4 is 0 Å². The van der Waals surface area contributed by atoms with E-state index < -0.39 is 0 Å². The highest BCUT2D eigenvalue weighted by molar-refractivity contribution is 6.38. The van der Waals surface area contributed by atoms with Crippen LogP contribution in [0.1, 0.15) is 50.5 Å². The van der Waals surface area contributed by atoms with Crippen LogP contribution in [0.4, 0.5) is 4.39 Å². The quantitative estimate of drug-likeness (QED) is 0.192. The van der Waals surface area contributed by atoms with Crippen molar-refractivity contribution in [3.05, 3.63) is 59.6 Å². The van der Waals surface area contributed by atoms with Gasteiger partial charge in [0.1, 0.15) is 12.1 Å². The second kappa shape index (κ2) is 12.6. The van der Waals surface area contributed by atoms with E-state index in [1.54, 1.807) is 25.2 Å². The molecule has 170 valence electrons. The van der Waals surface area contributed by atoms with E-state index in [2.05, 4.69) is 11.6 Å². The Bertz CT molecular complexity index is 936. The summed E-state index contributed by atoms with van der Waals surface area (Å²) in [4.78, 5) is 41.0. The third-order valence-corrected chi connectivity index (χ3v) is 5.66. The lowest BCUT2D eigenvalue weighted by atomic mass is 9.94. The Morgan fingerprint density at radius 1 is 1.34 bits per heavy atom. The Kier molecular flexibility index (Phi) is 9.85. The van der Waals surface area contributed by atoms with E-state index in [9.17, 15) is 18.8 Å². The van der Waals surface area contributed by atoms with E-state index in [4.69, 9.17) is 5.41 Å². The molecule has 1 saturated heterocycles. The number of halogens is 1. The Labute approximate surface area is 188 Å². The Morgan fingerprint density at radius 3 is 2.81 bits per heavy atom. The number of nitrogens with one attached hydrogen (secondary N) is 1. The second-order valence-corrected chi connectivity index (χ2v) is 7.87. The number of amides is 1. The maximum Gasteiger partial charge on any atom is 0.229 e. The topological polar surface area (TPSA) is 90.7 Å². The lowest BCUT2D eigenvalue weighted by Gasteiger charge is -2.21. The first-order valence-electron chi connectivity index (χ1n) is 10.8. The third kappa shape index (κ3) is 7.18. The lowest BCUT2D eigenvalue weighted by Crippen LogP contribution is -2.30. The number of benzene rings is 1. The number of ketones is 1. The van der Waals surface area contributed by atoms with Gasteiger partial charge in [-0.15, -0.1) is 0 Å². The molecular formula is C25H30FN3O3. The number of hydrogen-bond donors (Lipinski definition) is 1. The van der Waals surface area contributed by atoms with Gasteiger partial charge in [-0.25, -0.2) is 9.38 Å². The molecule has 7 heteroatoms. The molecule has 1 aliphatic rings. The van der Waals surface area contributed by atoms with Gasteiger partial charge in [0.2, 0.25) is 5.91 Å². The summed E-state index contributed by atoms with van der Waals surface area (Å²) in [7, 11) is 1.64.